The second kappa shape index (κ2) is 8.19. The third-order valence-corrected chi connectivity index (χ3v) is 8.64. The minimum atomic E-state index is -3.95. The highest BCUT2D eigenvalue weighted by atomic mass is 32.2. The molecule has 1 heterocycles. The van der Waals surface area contributed by atoms with Crippen molar-refractivity contribution in [3.05, 3.63) is 64.2 Å². The lowest BCUT2D eigenvalue weighted by Crippen LogP contribution is -2.50. The van der Waals surface area contributed by atoms with Crippen molar-refractivity contribution < 1.29 is 21.8 Å². The van der Waals surface area contributed by atoms with Gasteiger partial charge in [0.15, 0.2) is 0 Å². The van der Waals surface area contributed by atoms with Gasteiger partial charge in [-0.25, -0.2) is 16.8 Å². The zero-order valence-electron chi connectivity index (χ0n) is 15.8. The minimum Gasteiger partial charge on any atom is -0.258 e. The molecule has 0 bridgehead atoms. The molecule has 0 radical (unpaired) electrons. The Morgan fingerprint density at radius 3 is 1.86 bits per heavy atom. The van der Waals surface area contributed by atoms with Gasteiger partial charge in [0, 0.05) is 38.3 Å². The normalized spacial score (nSPS) is 16.6. The van der Waals surface area contributed by atoms with Gasteiger partial charge in [-0.2, -0.15) is 8.61 Å². The van der Waals surface area contributed by atoms with E-state index in [1.165, 1.54) is 22.5 Å². The highest BCUT2D eigenvalue weighted by molar-refractivity contribution is 7.89. The second-order valence-electron chi connectivity index (χ2n) is 6.56. The summed E-state index contributed by atoms with van der Waals surface area (Å²) in [5, 5.41) is 10.9. The highest BCUT2D eigenvalue weighted by Gasteiger charge is 2.34. The molecule has 2 aromatic rings. The number of hydrogen-bond donors (Lipinski definition) is 0. The van der Waals surface area contributed by atoms with Crippen molar-refractivity contribution in [3.8, 4) is 0 Å². The minimum absolute atomic E-state index is 0.00597. The number of hydrogen-bond acceptors (Lipinski definition) is 6. The average molecular weight is 440 g/mol. The molecule has 0 N–H and O–H groups in total. The highest BCUT2D eigenvalue weighted by Crippen LogP contribution is 2.24. The molecule has 1 aliphatic rings. The summed E-state index contributed by atoms with van der Waals surface area (Å²) in [6.45, 7) is 1.93. The molecule has 1 saturated heterocycles. The lowest BCUT2D eigenvalue weighted by molar-refractivity contribution is -0.385. The number of aryl methyl sites for hydroxylation is 1. The van der Waals surface area contributed by atoms with Crippen LogP contribution in [0.25, 0.3) is 0 Å². The first-order chi connectivity index (χ1) is 13.7. The van der Waals surface area contributed by atoms with Gasteiger partial charge in [-0.3, -0.25) is 10.1 Å². The van der Waals surface area contributed by atoms with E-state index in [0.717, 1.165) is 22.4 Å². The van der Waals surface area contributed by atoms with Crippen molar-refractivity contribution in [2.24, 2.45) is 0 Å². The maximum atomic E-state index is 12.8. The van der Waals surface area contributed by atoms with Gasteiger partial charge in [-0.1, -0.05) is 25.1 Å². The standard InChI is InChI=1S/C18H21N3O6S2/c1-2-15-6-8-17(9-7-15)28(24,25)19-10-12-20(13-11-19)29(26,27)18-5-3-4-16(14-18)21(22)23/h3-9,14H,2,10-13H2,1H3. The first-order valence-corrected chi connectivity index (χ1v) is 11.9. The predicted molar refractivity (Wildman–Crippen MR) is 106 cm³/mol. The molecule has 29 heavy (non-hydrogen) atoms. The van der Waals surface area contributed by atoms with Crippen LogP contribution in [0.5, 0.6) is 0 Å². The second-order valence-corrected chi connectivity index (χ2v) is 10.4. The smallest absolute Gasteiger partial charge is 0.258 e. The van der Waals surface area contributed by atoms with Crippen molar-refractivity contribution in [3.63, 3.8) is 0 Å². The molecule has 3 rings (SSSR count). The molecule has 9 nitrogen and oxygen atoms in total. The molecule has 1 fully saturated rings. The van der Waals surface area contributed by atoms with Crippen molar-refractivity contribution in [2.45, 2.75) is 23.1 Å². The van der Waals surface area contributed by atoms with Gasteiger partial charge in [-0.05, 0) is 30.2 Å². The number of benzene rings is 2. The van der Waals surface area contributed by atoms with Crippen molar-refractivity contribution >= 4 is 25.7 Å². The van der Waals surface area contributed by atoms with E-state index in [2.05, 4.69) is 0 Å². The van der Waals surface area contributed by atoms with Crippen LogP contribution in [-0.4, -0.2) is 56.5 Å². The summed E-state index contributed by atoms with van der Waals surface area (Å²) in [6.07, 6.45) is 0.800. The quantitative estimate of drug-likeness (QED) is 0.501. The van der Waals surface area contributed by atoms with Gasteiger partial charge in [-0.15, -0.1) is 0 Å². The topological polar surface area (TPSA) is 118 Å². The monoisotopic (exact) mass is 439 g/mol. The number of nitrogens with zero attached hydrogens (tertiary/aromatic N) is 3. The van der Waals surface area contributed by atoms with E-state index >= 15 is 0 Å². The summed E-state index contributed by atoms with van der Waals surface area (Å²) in [5.74, 6) is 0. The summed E-state index contributed by atoms with van der Waals surface area (Å²) in [7, 11) is -7.67. The fourth-order valence-electron chi connectivity index (χ4n) is 3.10. The molecule has 1 aliphatic heterocycles. The van der Waals surface area contributed by atoms with Crippen LogP contribution in [0.2, 0.25) is 0 Å². The Labute approximate surface area is 169 Å². The number of piperazine rings is 1. The molecule has 0 spiro atoms. The Morgan fingerprint density at radius 1 is 0.862 bits per heavy atom. The molecule has 0 atom stereocenters. The molecular formula is C18H21N3O6S2. The van der Waals surface area contributed by atoms with Crippen LogP contribution >= 0.6 is 0 Å². The molecule has 11 heteroatoms. The van der Waals surface area contributed by atoms with E-state index < -0.39 is 25.0 Å². The Kier molecular flexibility index (Phi) is 6.03. The molecule has 0 amide bonds. The molecule has 156 valence electrons. The molecule has 0 aliphatic carbocycles. The van der Waals surface area contributed by atoms with E-state index in [9.17, 15) is 26.9 Å². The molecular weight excluding hydrogens is 418 g/mol. The van der Waals surface area contributed by atoms with E-state index in [4.69, 9.17) is 0 Å². The van der Waals surface area contributed by atoms with Gasteiger partial charge in [0.25, 0.3) is 5.69 Å². The number of non-ortho nitro benzene ring substituents is 1. The van der Waals surface area contributed by atoms with Gasteiger partial charge in [0.2, 0.25) is 20.0 Å². The van der Waals surface area contributed by atoms with Crippen LogP contribution in [0.1, 0.15) is 12.5 Å². The maximum absolute atomic E-state index is 12.8. The first-order valence-electron chi connectivity index (χ1n) is 9.00. The summed E-state index contributed by atoms with van der Waals surface area (Å²) in [5.41, 5.74) is 0.708. The molecule has 0 aromatic heterocycles. The van der Waals surface area contributed by atoms with E-state index in [-0.39, 0.29) is 41.7 Å². The SMILES string of the molecule is CCc1ccc(S(=O)(=O)N2CCN(S(=O)(=O)c3cccc([N+](=O)[O-])c3)CC2)cc1. The Morgan fingerprint density at radius 2 is 1.38 bits per heavy atom. The molecule has 0 unspecified atom stereocenters. The van der Waals surface area contributed by atoms with Crippen LogP contribution in [0, 0.1) is 10.1 Å². The van der Waals surface area contributed by atoms with Crippen LogP contribution in [-0.2, 0) is 26.5 Å². The zero-order chi connectivity index (χ0) is 21.2. The van der Waals surface area contributed by atoms with Gasteiger partial charge < -0.3 is 0 Å². The van der Waals surface area contributed by atoms with Crippen LogP contribution in [0.3, 0.4) is 0 Å². The van der Waals surface area contributed by atoms with Crippen molar-refractivity contribution in [1.82, 2.24) is 8.61 Å². The average Bonchev–Trinajstić information content (AvgIpc) is 2.74. The van der Waals surface area contributed by atoms with E-state index in [1.54, 1.807) is 24.3 Å². The maximum Gasteiger partial charge on any atom is 0.270 e. The van der Waals surface area contributed by atoms with Gasteiger partial charge in [0.1, 0.15) is 0 Å². The third-order valence-electron chi connectivity index (χ3n) is 4.83. The van der Waals surface area contributed by atoms with Gasteiger partial charge in [0.05, 0.1) is 14.7 Å². The lowest BCUT2D eigenvalue weighted by Gasteiger charge is -2.33. The number of nitro benzene ring substituents is 1. The third kappa shape index (κ3) is 4.32. The largest absolute Gasteiger partial charge is 0.270 e. The fourth-order valence-corrected chi connectivity index (χ4v) is 5.99. The Hall–Kier alpha value is -2.34. The molecule has 0 saturated carbocycles. The van der Waals surface area contributed by atoms with Crippen molar-refractivity contribution in [1.29, 1.82) is 0 Å². The Balaban J connectivity index is 1.75. The lowest BCUT2D eigenvalue weighted by atomic mass is 10.2. The summed E-state index contributed by atoms with van der Waals surface area (Å²) in [4.78, 5) is 10.2. The summed E-state index contributed by atoms with van der Waals surface area (Å²) >= 11 is 0. The van der Waals surface area contributed by atoms with Crippen molar-refractivity contribution in [2.75, 3.05) is 26.2 Å². The van der Waals surface area contributed by atoms with Crippen LogP contribution in [0.4, 0.5) is 5.69 Å². The number of nitro groups is 1. The van der Waals surface area contributed by atoms with E-state index in [0.29, 0.717) is 0 Å². The first kappa shape index (κ1) is 21.4. The fraction of sp³-hybridized carbons (Fsp3) is 0.333. The van der Waals surface area contributed by atoms with Crippen LogP contribution < -0.4 is 0 Å². The summed E-state index contributed by atoms with van der Waals surface area (Å²) < 4.78 is 53.6. The molecule has 2 aromatic carbocycles. The van der Waals surface area contributed by atoms with Crippen LogP contribution in [0.15, 0.2) is 58.3 Å². The Bertz CT molecular complexity index is 1110. The van der Waals surface area contributed by atoms with Gasteiger partial charge >= 0.3 is 0 Å². The van der Waals surface area contributed by atoms with E-state index in [1.807, 2.05) is 6.92 Å². The number of sulfonamides is 2. The summed E-state index contributed by atoms with van der Waals surface area (Å²) in [6, 6.07) is 11.5. The number of rotatable bonds is 6. The predicted octanol–water partition coefficient (Wildman–Crippen LogP) is 1.85. The zero-order valence-corrected chi connectivity index (χ0v) is 17.4.